The van der Waals surface area contributed by atoms with Crippen LogP contribution in [0.2, 0.25) is 0 Å². The van der Waals surface area contributed by atoms with Crippen molar-refractivity contribution < 1.29 is 227 Å². The van der Waals surface area contributed by atoms with Gasteiger partial charge in [-0.1, -0.05) is 0 Å². The van der Waals surface area contributed by atoms with Crippen molar-refractivity contribution in [3.8, 4) is 0 Å². The molecule has 401 valence electrons. The Morgan fingerprint density at radius 2 is 0.328 bits per heavy atom. The summed E-state index contributed by atoms with van der Waals surface area (Å²) in [5, 5.41) is 259. The maximum absolute atomic E-state index is 10.1. The van der Waals surface area contributed by atoms with Gasteiger partial charge in [0, 0.05) is 49.8 Å². The summed E-state index contributed by atoms with van der Waals surface area (Å²) in [6.07, 6.45) is -39.2. The number of rotatable bonds is 25. The van der Waals surface area contributed by atoms with Crippen LogP contribution in [0.15, 0.2) is 0 Å². The van der Waals surface area contributed by atoms with Crippen LogP contribution in [0, 0.1) is 0 Å². The molecule has 67 heavy (non-hydrogen) atoms. The zero-order valence-corrected chi connectivity index (χ0v) is 37.9. The minimum Gasteiger partial charge on any atom is -0.479 e. The molecule has 20 atom stereocenters. The van der Waals surface area contributed by atoms with Crippen LogP contribution in [0.3, 0.4) is 0 Å². The molecule has 0 aromatic carbocycles. The maximum Gasteiger partial charge on any atom is 0.335 e. The fraction of sp³-hybridized carbons (Fsp3) is 0.833. The van der Waals surface area contributed by atoms with Crippen LogP contribution in [0.5, 0.6) is 0 Å². The van der Waals surface area contributed by atoms with Gasteiger partial charge in [-0.15, -0.1) is 0 Å². The zero-order chi connectivity index (χ0) is 53.0. The first-order valence-corrected chi connectivity index (χ1v) is 17.4. The average Bonchev–Trinajstić information content (AvgIpc) is 3.28. The van der Waals surface area contributed by atoms with Crippen molar-refractivity contribution >= 4 is 29.8 Å². The molecular formula is C30H60FeO35Y. The molecule has 0 aliphatic rings. The third-order valence-electron chi connectivity index (χ3n) is 7.54. The first-order chi connectivity index (χ1) is 29.6. The first-order valence-electron chi connectivity index (χ1n) is 17.4. The van der Waals surface area contributed by atoms with Crippen molar-refractivity contribution in [2.75, 3.05) is 33.0 Å². The number of hydrogen-bond acceptors (Lipinski definition) is 30. The monoisotopic (exact) mass is 1130 g/mol. The molecule has 0 heterocycles. The van der Waals surface area contributed by atoms with Gasteiger partial charge in [0.1, 0.15) is 91.6 Å². The van der Waals surface area contributed by atoms with E-state index in [1.165, 1.54) is 0 Å². The Balaban J connectivity index is -0.000000133. The summed E-state index contributed by atoms with van der Waals surface area (Å²) >= 11 is 0. The van der Waals surface area contributed by atoms with E-state index in [1.807, 2.05) is 0 Å². The van der Waals surface area contributed by atoms with E-state index in [-0.39, 0.29) is 49.8 Å². The Bertz CT molecular complexity index is 1090. The van der Waals surface area contributed by atoms with Crippen LogP contribution < -0.4 is 0 Å². The smallest absolute Gasteiger partial charge is 0.335 e. The number of hydrogen-bond donors (Lipinski definition) is 30. The zero-order valence-electron chi connectivity index (χ0n) is 34.0. The van der Waals surface area contributed by atoms with Gasteiger partial charge < -0.3 is 153 Å². The summed E-state index contributed by atoms with van der Waals surface area (Å²) in [5.41, 5.74) is 0. The third kappa shape index (κ3) is 31.7. The Morgan fingerprint density at radius 3 is 0.388 bits per heavy atom. The summed E-state index contributed by atoms with van der Waals surface area (Å²) in [5.74, 6) is -8.63. The quantitative estimate of drug-likeness (QED) is 0.0378. The minimum atomic E-state index is -2.20. The topological polar surface area (TPSA) is 692 Å². The molecule has 0 spiro atoms. The first kappa shape index (κ1) is 79.1. The second kappa shape index (κ2) is 41.7. The largest absolute Gasteiger partial charge is 0.479 e. The predicted molar refractivity (Wildman–Crippen MR) is 194 cm³/mol. The minimum absolute atomic E-state index is 0. The Labute approximate surface area is 410 Å². The van der Waals surface area contributed by atoms with Gasteiger partial charge in [0.05, 0.1) is 33.0 Å². The van der Waals surface area contributed by atoms with E-state index >= 15 is 0 Å². The van der Waals surface area contributed by atoms with E-state index in [9.17, 15) is 24.0 Å². The predicted octanol–water partition coefficient (Wildman–Crippen LogP) is -17.5. The third-order valence-corrected chi connectivity index (χ3v) is 7.54. The molecule has 0 saturated carbocycles. The van der Waals surface area contributed by atoms with Gasteiger partial charge in [0.15, 0.2) is 30.5 Å². The van der Waals surface area contributed by atoms with Crippen molar-refractivity contribution in [3.63, 3.8) is 0 Å². The van der Waals surface area contributed by atoms with Gasteiger partial charge >= 0.3 is 29.8 Å². The van der Waals surface area contributed by atoms with Gasteiger partial charge in [0.25, 0.3) is 0 Å². The van der Waals surface area contributed by atoms with Crippen molar-refractivity contribution in [1.82, 2.24) is 0 Å². The van der Waals surface area contributed by atoms with Crippen molar-refractivity contribution in [2.45, 2.75) is 122 Å². The van der Waals surface area contributed by atoms with Crippen LogP contribution in [0.25, 0.3) is 0 Å². The number of carbonyl (C=O) groups is 5. The van der Waals surface area contributed by atoms with Crippen molar-refractivity contribution in [3.05, 3.63) is 0 Å². The molecule has 35 nitrogen and oxygen atoms in total. The van der Waals surface area contributed by atoms with Crippen LogP contribution in [0.1, 0.15) is 0 Å². The van der Waals surface area contributed by atoms with Gasteiger partial charge in [-0.3, -0.25) is 0 Å². The Morgan fingerprint density at radius 1 is 0.239 bits per heavy atom. The Hall–Kier alpha value is -2.03. The molecule has 1 radical (unpaired) electrons. The molecule has 0 aliphatic carbocycles. The average molecular weight is 1130 g/mol. The second-order valence-corrected chi connectivity index (χ2v) is 12.6. The van der Waals surface area contributed by atoms with Gasteiger partial charge in [-0.2, -0.15) is 0 Å². The number of carboxylic acid groups (broad SMARTS) is 5. The maximum atomic E-state index is 10.1. The number of aliphatic carboxylic acids is 5. The van der Waals surface area contributed by atoms with Gasteiger partial charge in [0.2, 0.25) is 0 Å². The number of carboxylic acids is 5. The van der Waals surface area contributed by atoms with E-state index in [0.717, 1.165) is 0 Å². The molecular weight excluding hydrogens is 1070 g/mol. The summed E-state index contributed by atoms with van der Waals surface area (Å²) in [7, 11) is 0. The van der Waals surface area contributed by atoms with Gasteiger partial charge in [-0.25, -0.2) is 24.0 Å². The molecule has 0 rings (SSSR count). The molecule has 0 amide bonds. The molecule has 37 heteroatoms. The number of aliphatic hydroxyl groups is 25. The summed E-state index contributed by atoms with van der Waals surface area (Å²) in [4.78, 5) is 50.5. The van der Waals surface area contributed by atoms with Crippen LogP contribution in [-0.4, -0.2) is 338 Å². The fourth-order valence-corrected chi connectivity index (χ4v) is 3.34. The van der Waals surface area contributed by atoms with E-state index in [1.54, 1.807) is 0 Å². The second-order valence-electron chi connectivity index (χ2n) is 12.6. The van der Waals surface area contributed by atoms with E-state index in [0.29, 0.717) is 0 Å². The molecule has 0 bridgehead atoms. The molecule has 0 aromatic heterocycles. The van der Waals surface area contributed by atoms with E-state index < -0.39 is 185 Å². The van der Waals surface area contributed by atoms with Crippen LogP contribution in [-0.2, 0) is 73.8 Å². The standard InChI is InChI=1S/5C6H12O7.Fe.Y/c5*7-1-2(8)3(9)4(10)5(11)6(12)13;;/h5*2-5,7-11H,1H2,(H,12,13);;/t5*2-,3-,4+,5-;;/m11111../s1. The summed E-state index contributed by atoms with van der Waals surface area (Å²) in [6, 6.07) is 0. The number of aliphatic hydroxyl groups excluding tert-OH is 25. The van der Waals surface area contributed by atoms with Crippen molar-refractivity contribution in [2.24, 2.45) is 0 Å². The fourth-order valence-electron chi connectivity index (χ4n) is 3.34. The molecule has 30 N–H and O–H groups in total. The molecule has 0 aliphatic heterocycles. The van der Waals surface area contributed by atoms with Gasteiger partial charge in [-0.05, 0) is 0 Å². The van der Waals surface area contributed by atoms with E-state index in [2.05, 4.69) is 0 Å². The van der Waals surface area contributed by atoms with Crippen molar-refractivity contribution in [1.29, 1.82) is 0 Å². The molecule has 0 unspecified atom stereocenters. The summed E-state index contributed by atoms with van der Waals surface area (Å²) < 4.78 is 0. The van der Waals surface area contributed by atoms with E-state index in [4.69, 9.17) is 153 Å². The Kier molecular flexibility index (Phi) is 49.3. The molecule has 0 aromatic rings. The van der Waals surface area contributed by atoms with Crippen LogP contribution >= 0.6 is 0 Å². The molecule has 0 saturated heterocycles. The van der Waals surface area contributed by atoms with Crippen LogP contribution in [0.4, 0.5) is 0 Å². The SMILES string of the molecule is O=C(O)[C@H](O)[C@@H](O)[C@H](O)[C@H](O)CO.O=C(O)[C@H](O)[C@@H](O)[C@H](O)[C@H](O)CO.O=C(O)[C@H](O)[C@@H](O)[C@H](O)[C@H](O)CO.O=C(O)[C@H](O)[C@@H](O)[C@H](O)[C@H](O)CO.O=C(O)[C@H](O)[C@@H](O)[C@H](O)[C@H](O)CO.[Fe].[Y]. The summed E-state index contributed by atoms with van der Waals surface area (Å²) in [6.45, 7) is -4.21. The molecule has 0 fully saturated rings. The normalized spacial score (nSPS) is 19.8.